The smallest absolute Gasteiger partial charge is 0.0107 e. The van der Waals surface area contributed by atoms with Crippen LogP contribution in [-0.2, 0) is 0 Å². The summed E-state index contributed by atoms with van der Waals surface area (Å²) < 4.78 is 0. The molecule has 0 radical (unpaired) electrons. The fourth-order valence-electron chi connectivity index (χ4n) is 2.24. The Bertz CT molecular complexity index is 142. The van der Waals surface area contributed by atoms with Gasteiger partial charge in [-0.25, -0.2) is 0 Å². The van der Waals surface area contributed by atoms with Gasteiger partial charge >= 0.3 is 0 Å². The van der Waals surface area contributed by atoms with Crippen molar-refractivity contribution in [1.82, 2.24) is 10.2 Å². The van der Waals surface area contributed by atoms with E-state index in [1.807, 2.05) is 0 Å². The molecule has 0 heterocycles. The van der Waals surface area contributed by atoms with E-state index in [4.69, 9.17) is 0 Å². The van der Waals surface area contributed by atoms with Gasteiger partial charge in [0.25, 0.3) is 0 Å². The molecule has 0 aliphatic carbocycles. The number of hydrogen-bond donors (Lipinski definition) is 1. The fraction of sp³-hybridized carbons (Fsp3) is 1.00. The monoisotopic (exact) mass is 242 g/mol. The van der Waals surface area contributed by atoms with Crippen LogP contribution in [0.5, 0.6) is 0 Å². The summed E-state index contributed by atoms with van der Waals surface area (Å²) in [5, 5.41) is 3.65. The van der Waals surface area contributed by atoms with Gasteiger partial charge < -0.3 is 10.2 Å². The predicted molar refractivity (Wildman–Crippen MR) is 78.6 cm³/mol. The van der Waals surface area contributed by atoms with Gasteiger partial charge in [-0.3, -0.25) is 0 Å². The van der Waals surface area contributed by atoms with Gasteiger partial charge in [0.05, 0.1) is 0 Å². The second kappa shape index (κ2) is 12.4. The standard InChI is InChI=1S/C15H34N2/c1-5-8-9-10-15(4)16-11-14-17(12-6-2)13-7-3/h15-16H,5-14H2,1-4H3. The zero-order valence-electron chi connectivity index (χ0n) is 12.6. The van der Waals surface area contributed by atoms with Crippen LogP contribution in [0, 0.1) is 0 Å². The number of nitrogens with zero attached hydrogens (tertiary/aromatic N) is 1. The van der Waals surface area contributed by atoms with Crippen LogP contribution < -0.4 is 5.32 Å². The van der Waals surface area contributed by atoms with Gasteiger partial charge in [-0.15, -0.1) is 0 Å². The van der Waals surface area contributed by atoms with Crippen LogP contribution in [0.4, 0.5) is 0 Å². The zero-order chi connectivity index (χ0) is 12.9. The first-order valence-electron chi connectivity index (χ1n) is 7.70. The molecule has 1 unspecified atom stereocenters. The van der Waals surface area contributed by atoms with E-state index in [-0.39, 0.29) is 0 Å². The van der Waals surface area contributed by atoms with E-state index in [1.165, 1.54) is 58.2 Å². The third-order valence-electron chi connectivity index (χ3n) is 3.24. The molecule has 0 aliphatic heterocycles. The Morgan fingerprint density at radius 2 is 1.53 bits per heavy atom. The van der Waals surface area contributed by atoms with Crippen LogP contribution in [0.1, 0.15) is 66.2 Å². The minimum atomic E-state index is 0.687. The van der Waals surface area contributed by atoms with Crippen molar-refractivity contribution in [3.63, 3.8) is 0 Å². The Balaban J connectivity index is 3.50. The molecule has 2 nitrogen and oxygen atoms in total. The number of hydrogen-bond acceptors (Lipinski definition) is 2. The molecule has 0 aliphatic rings. The van der Waals surface area contributed by atoms with Gasteiger partial charge in [-0.1, -0.05) is 40.0 Å². The lowest BCUT2D eigenvalue weighted by Gasteiger charge is -2.22. The highest BCUT2D eigenvalue weighted by molar-refractivity contribution is 4.64. The molecule has 0 rings (SSSR count). The molecule has 17 heavy (non-hydrogen) atoms. The minimum absolute atomic E-state index is 0.687. The third-order valence-corrected chi connectivity index (χ3v) is 3.24. The van der Waals surface area contributed by atoms with E-state index in [2.05, 4.69) is 37.9 Å². The van der Waals surface area contributed by atoms with Crippen LogP contribution in [0.15, 0.2) is 0 Å². The Hall–Kier alpha value is -0.0800. The lowest BCUT2D eigenvalue weighted by molar-refractivity contribution is 0.269. The van der Waals surface area contributed by atoms with Crippen molar-refractivity contribution in [2.45, 2.75) is 72.3 Å². The highest BCUT2D eigenvalue weighted by Gasteiger charge is 2.04. The Labute approximate surface area is 109 Å². The molecule has 104 valence electrons. The first-order valence-corrected chi connectivity index (χ1v) is 7.70. The molecule has 1 atom stereocenters. The van der Waals surface area contributed by atoms with Crippen molar-refractivity contribution in [2.24, 2.45) is 0 Å². The molecule has 0 saturated carbocycles. The van der Waals surface area contributed by atoms with Crippen LogP contribution in [0.25, 0.3) is 0 Å². The van der Waals surface area contributed by atoms with Crippen LogP contribution in [0.3, 0.4) is 0 Å². The van der Waals surface area contributed by atoms with Crippen LogP contribution in [-0.4, -0.2) is 37.1 Å². The van der Waals surface area contributed by atoms with Gasteiger partial charge in [0.1, 0.15) is 0 Å². The SMILES string of the molecule is CCCCCC(C)NCCN(CCC)CCC. The first-order chi connectivity index (χ1) is 8.24. The molecule has 0 aromatic rings. The van der Waals surface area contributed by atoms with E-state index in [9.17, 15) is 0 Å². The Kier molecular flexibility index (Phi) is 12.3. The quantitative estimate of drug-likeness (QED) is 0.525. The molecule has 0 amide bonds. The number of unbranched alkanes of at least 4 members (excludes halogenated alkanes) is 2. The van der Waals surface area contributed by atoms with E-state index < -0.39 is 0 Å². The molecule has 2 heteroatoms. The lowest BCUT2D eigenvalue weighted by Crippen LogP contribution is -2.36. The van der Waals surface area contributed by atoms with Crippen molar-refractivity contribution < 1.29 is 0 Å². The summed E-state index contributed by atoms with van der Waals surface area (Å²) in [6, 6.07) is 0.687. The normalized spacial score (nSPS) is 13.2. The van der Waals surface area contributed by atoms with Crippen molar-refractivity contribution in [3.8, 4) is 0 Å². The summed E-state index contributed by atoms with van der Waals surface area (Å²) in [6.45, 7) is 14.0. The maximum absolute atomic E-state index is 3.65. The molecule has 1 N–H and O–H groups in total. The molecular formula is C15H34N2. The number of nitrogens with one attached hydrogen (secondary N) is 1. The van der Waals surface area contributed by atoms with Crippen molar-refractivity contribution in [3.05, 3.63) is 0 Å². The van der Waals surface area contributed by atoms with Crippen LogP contribution in [0.2, 0.25) is 0 Å². The highest BCUT2D eigenvalue weighted by atomic mass is 15.1. The third kappa shape index (κ3) is 10.8. The van der Waals surface area contributed by atoms with Crippen molar-refractivity contribution in [2.75, 3.05) is 26.2 Å². The lowest BCUT2D eigenvalue weighted by atomic mass is 10.1. The Morgan fingerprint density at radius 3 is 2.06 bits per heavy atom. The van der Waals surface area contributed by atoms with Gasteiger partial charge in [0, 0.05) is 19.1 Å². The van der Waals surface area contributed by atoms with E-state index in [0.717, 1.165) is 6.54 Å². The molecule has 0 fully saturated rings. The maximum Gasteiger partial charge on any atom is 0.0107 e. The minimum Gasteiger partial charge on any atom is -0.313 e. The zero-order valence-corrected chi connectivity index (χ0v) is 12.6. The second-order valence-corrected chi connectivity index (χ2v) is 5.19. The van der Waals surface area contributed by atoms with Crippen molar-refractivity contribution in [1.29, 1.82) is 0 Å². The van der Waals surface area contributed by atoms with E-state index in [0.29, 0.717) is 6.04 Å². The second-order valence-electron chi connectivity index (χ2n) is 5.19. The van der Waals surface area contributed by atoms with Gasteiger partial charge in [-0.2, -0.15) is 0 Å². The van der Waals surface area contributed by atoms with Crippen molar-refractivity contribution >= 4 is 0 Å². The van der Waals surface area contributed by atoms with E-state index >= 15 is 0 Å². The summed E-state index contributed by atoms with van der Waals surface area (Å²) in [4.78, 5) is 2.58. The van der Waals surface area contributed by atoms with Crippen LogP contribution >= 0.6 is 0 Å². The summed E-state index contributed by atoms with van der Waals surface area (Å²) in [5.74, 6) is 0. The maximum atomic E-state index is 3.65. The Morgan fingerprint density at radius 1 is 0.882 bits per heavy atom. The molecule has 0 aromatic heterocycles. The highest BCUT2D eigenvalue weighted by Crippen LogP contribution is 2.02. The van der Waals surface area contributed by atoms with E-state index in [1.54, 1.807) is 0 Å². The predicted octanol–water partition coefficient (Wildman–Crippen LogP) is 3.67. The fourth-order valence-corrected chi connectivity index (χ4v) is 2.24. The summed E-state index contributed by atoms with van der Waals surface area (Å²) >= 11 is 0. The average Bonchev–Trinajstić information content (AvgIpc) is 2.30. The molecule has 0 bridgehead atoms. The summed E-state index contributed by atoms with van der Waals surface area (Å²) in [5.41, 5.74) is 0. The molecule has 0 saturated heterocycles. The largest absolute Gasteiger partial charge is 0.313 e. The molecule has 0 spiro atoms. The molecule has 0 aromatic carbocycles. The van der Waals surface area contributed by atoms with Gasteiger partial charge in [0.15, 0.2) is 0 Å². The average molecular weight is 242 g/mol. The van der Waals surface area contributed by atoms with Gasteiger partial charge in [-0.05, 0) is 39.3 Å². The topological polar surface area (TPSA) is 15.3 Å². The summed E-state index contributed by atoms with van der Waals surface area (Å²) in [6.07, 6.45) is 7.95. The number of rotatable bonds is 12. The van der Waals surface area contributed by atoms with Gasteiger partial charge in [0.2, 0.25) is 0 Å². The first kappa shape index (κ1) is 16.9. The summed E-state index contributed by atoms with van der Waals surface area (Å²) in [7, 11) is 0. The molecular weight excluding hydrogens is 208 g/mol.